The number of nitrogens with one attached hydrogen (secondary N) is 1. The fraction of sp³-hybridized carbons (Fsp3) is 0.962. The highest BCUT2D eigenvalue weighted by molar-refractivity contribution is 7.47. The molecule has 3 N–H and O–H groups in total. The van der Waals surface area contributed by atoms with Gasteiger partial charge < -0.3 is 19.8 Å². The maximum atomic E-state index is 13.1. The van der Waals surface area contributed by atoms with E-state index in [0.29, 0.717) is 17.4 Å². The van der Waals surface area contributed by atoms with Gasteiger partial charge in [-0.1, -0.05) is 424 Å². The van der Waals surface area contributed by atoms with Crippen molar-refractivity contribution in [1.82, 2.24) is 5.32 Å². The predicted molar refractivity (Wildman–Crippen MR) is 388 cm³/mol. The van der Waals surface area contributed by atoms with E-state index in [2.05, 4.69) is 19.2 Å². The van der Waals surface area contributed by atoms with Gasteiger partial charge in [-0.3, -0.25) is 13.8 Å². The molecule has 0 saturated carbocycles. The molecule has 8 nitrogen and oxygen atoms in total. The largest absolute Gasteiger partial charge is 0.472 e. The van der Waals surface area contributed by atoms with E-state index in [-0.39, 0.29) is 19.1 Å². The van der Waals surface area contributed by atoms with Gasteiger partial charge in [0.15, 0.2) is 0 Å². The zero-order chi connectivity index (χ0) is 64.1. The summed E-state index contributed by atoms with van der Waals surface area (Å²) in [5.41, 5.74) is 0. The molecule has 0 bridgehead atoms. The van der Waals surface area contributed by atoms with Gasteiger partial charge in [0.05, 0.1) is 39.9 Å². The van der Waals surface area contributed by atoms with E-state index in [1.165, 1.54) is 385 Å². The van der Waals surface area contributed by atoms with Gasteiger partial charge in [-0.2, -0.15) is 0 Å². The quantitative estimate of drug-likeness (QED) is 0.0243. The molecule has 0 aliphatic carbocycles. The molecule has 0 fully saturated rings. The lowest BCUT2D eigenvalue weighted by atomic mass is 10.0. The number of hydrogen-bond acceptors (Lipinski definition) is 5. The number of nitrogens with zero attached hydrogens (tertiary/aromatic N) is 1. The molecule has 0 radical (unpaired) electrons. The number of phosphoric ester groups is 1. The van der Waals surface area contributed by atoms with Crippen molar-refractivity contribution in [1.29, 1.82) is 0 Å². The van der Waals surface area contributed by atoms with Crippen molar-refractivity contribution in [3.8, 4) is 0 Å². The topological polar surface area (TPSA) is 105 Å². The van der Waals surface area contributed by atoms with Crippen LogP contribution in [0, 0.1) is 0 Å². The van der Waals surface area contributed by atoms with Gasteiger partial charge in [0.1, 0.15) is 13.2 Å². The fourth-order valence-electron chi connectivity index (χ4n) is 12.8. The molecule has 3 atom stereocenters. The zero-order valence-electron chi connectivity index (χ0n) is 60.5. The van der Waals surface area contributed by atoms with Crippen LogP contribution < -0.4 is 5.32 Å². The number of hydrogen-bond donors (Lipinski definition) is 3. The Labute approximate surface area is 552 Å². The number of aliphatic hydroxyl groups excluding tert-OH is 1. The second-order valence-corrected chi connectivity index (χ2v) is 30.6. The molecule has 0 rings (SSSR count). The Morgan fingerprint density at radius 2 is 0.602 bits per heavy atom. The molecule has 1 amide bonds. The van der Waals surface area contributed by atoms with Crippen LogP contribution in [0.15, 0.2) is 12.2 Å². The van der Waals surface area contributed by atoms with Gasteiger partial charge in [0.25, 0.3) is 0 Å². The summed E-state index contributed by atoms with van der Waals surface area (Å²) in [6.45, 7) is 4.90. The van der Waals surface area contributed by atoms with Crippen molar-refractivity contribution < 1.29 is 32.9 Å². The van der Waals surface area contributed by atoms with Gasteiger partial charge in [0, 0.05) is 6.42 Å². The van der Waals surface area contributed by atoms with Crippen molar-refractivity contribution in [2.45, 2.75) is 450 Å². The summed E-state index contributed by atoms with van der Waals surface area (Å²) in [6.07, 6.45) is 92.7. The Kier molecular flexibility index (Phi) is 69.9. The third kappa shape index (κ3) is 72.7. The average molecular weight is 1270 g/mol. The number of carbonyl (C=O) groups excluding carboxylic acids is 1. The Morgan fingerprint density at radius 1 is 0.375 bits per heavy atom. The third-order valence-electron chi connectivity index (χ3n) is 19.0. The van der Waals surface area contributed by atoms with Crippen LogP contribution in [0.3, 0.4) is 0 Å². The molecule has 0 aromatic rings. The Hall–Kier alpha value is -0.760. The van der Waals surface area contributed by atoms with E-state index in [1.54, 1.807) is 6.08 Å². The summed E-state index contributed by atoms with van der Waals surface area (Å²) in [5, 5.41) is 14.1. The molecule has 0 aromatic heterocycles. The SMILES string of the molecule is CCCCCCCCCCCCCCCCCCCCCCCCCCCCC/C=C/C(O)C(COP(=O)(O)OCC[N+](C)(C)C)NC(=O)CCCCCCCCCCCCCCCCCCCCCCCCCCCCCCCCCCCCCCC. The number of rotatable bonds is 76. The highest BCUT2D eigenvalue weighted by Crippen LogP contribution is 2.43. The maximum absolute atomic E-state index is 13.1. The molecule has 9 heteroatoms. The number of phosphoric acid groups is 1. The minimum atomic E-state index is -4.35. The molecule has 0 aliphatic heterocycles. The van der Waals surface area contributed by atoms with Crippen molar-refractivity contribution in [2.75, 3.05) is 40.9 Å². The van der Waals surface area contributed by atoms with Crippen LogP contribution >= 0.6 is 7.82 Å². The summed E-state index contributed by atoms with van der Waals surface area (Å²) in [4.78, 5) is 23.5. The summed E-state index contributed by atoms with van der Waals surface area (Å²) >= 11 is 0. The molecule has 0 aromatic carbocycles. The summed E-state index contributed by atoms with van der Waals surface area (Å²) in [7, 11) is 1.60. The van der Waals surface area contributed by atoms with Gasteiger partial charge in [-0.25, -0.2) is 4.57 Å². The second-order valence-electron chi connectivity index (χ2n) is 29.2. The molecular weight excluding hydrogens is 1100 g/mol. The second kappa shape index (κ2) is 70.6. The van der Waals surface area contributed by atoms with E-state index in [0.717, 1.165) is 32.1 Å². The van der Waals surface area contributed by atoms with E-state index in [4.69, 9.17) is 9.05 Å². The van der Waals surface area contributed by atoms with Gasteiger partial charge in [0.2, 0.25) is 5.91 Å². The van der Waals surface area contributed by atoms with Crippen LogP contribution in [-0.4, -0.2) is 73.4 Å². The monoisotopic (exact) mass is 1260 g/mol. The smallest absolute Gasteiger partial charge is 0.387 e. The third-order valence-corrected chi connectivity index (χ3v) is 20.0. The number of likely N-dealkylation sites (N-methyl/N-ethyl adjacent to an activating group) is 1. The first kappa shape index (κ1) is 87.2. The van der Waals surface area contributed by atoms with Gasteiger partial charge in [-0.15, -0.1) is 0 Å². The molecule has 88 heavy (non-hydrogen) atoms. The number of aliphatic hydroxyl groups is 1. The van der Waals surface area contributed by atoms with E-state index in [9.17, 15) is 19.4 Å². The molecule has 0 heterocycles. The molecule has 0 aliphatic rings. The Morgan fingerprint density at radius 3 is 0.841 bits per heavy atom. The summed E-state index contributed by atoms with van der Waals surface area (Å²) in [6, 6.07) is -0.845. The summed E-state index contributed by atoms with van der Waals surface area (Å²) in [5.74, 6) is -0.165. The van der Waals surface area contributed by atoms with Crippen LogP contribution in [0.25, 0.3) is 0 Å². The lowest BCUT2D eigenvalue weighted by Gasteiger charge is -2.25. The normalized spacial score (nSPS) is 13.5. The number of allylic oxidation sites excluding steroid dienone is 1. The molecule has 3 unspecified atom stereocenters. The number of amides is 1. The molecule has 526 valence electrons. The summed E-state index contributed by atoms with van der Waals surface area (Å²) < 4.78 is 23.9. The predicted octanol–water partition coefficient (Wildman–Crippen LogP) is 26.0. The van der Waals surface area contributed by atoms with Gasteiger partial charge in [-0.05, 0) is 19.3 Å². The lowest BCUT2D eigenvalue weighted by molar-refractivity contribution is -0.870. The van der Waals surface area contributed by atoms with Crippen molar-refractivity contribution in [3.63, 3.8) is 0 Å². The van der Waals surface area contributed by atoms with E-state index < -0.39 is 20.0 Å². The molecular formula is C79H160N2O6P+. The van der Waals surface area contributed by atoms with Crippen molar-refractivity contribution in [2.24, 2.45) is 0 Å². The van der Waals surface area contributed by atoms with Crippen molar-refractivity contribution in [3.05, 3.63) is 12.2 Å². The Bertz CT molecular complexity index is 1440. The maximum Gasteiger partial charge on any atom is 0.472 e. The minimum absolute atomic E-state index is 0.0657. The number of unbranched alkanes of at least 4 members (excludes halogenated alkanes) is 63. The van der Waals surface area contributed by atoms with Crippen LogP contribution in [0.2, 0.25) is 0 Å². The number of quaternary nitrogens is 1. The highest BCUT2D eigenvalue weighted by atomic mass is 31.2. The first-order chi connectivity index (χ1) is 43.0. The molecule has 0 spiro atoms. The first-order valence-electron chi connectivity index (χ1n) is 40.1. The van der Waals surface area contributed by atoms with Crippen LogP contribution in [0.4, 0.5) is 0 Å². The Balaban J connectivity index is 3.92. The van der Waals surface area contributed by atoms with E-state index in [1.807, 2.05) is 27.2 Å². The van der Waals surface area contributed by atoms with Crippen LogP contribution in [0.1, 0.15) is 438 Å². The average Bonchev–Trinajstić information content (AvgIpc) is 3.64. The minimum Gasteiger partial charge on any atom is -0.387 e. The number of carbonyl (C=O) groups is 1. The molecule has 0 saturated heterocycles. The van der Waals surface area contributed by atoms with Crippen LogP contribution in [-0.2, 0) is 18.4 Å². The zero-order valence-corrected chi connectivity index (χ0v) is 61.4. The standard InChI is InChI=1S/C79H159N2O6P/c1-6-8-10-12-14-16-18-20-22-24-26-28-30-32-34-36-37-38-39-40-41-42-43-45-47-49-51-53-55-57-59-61-63-65-67-69-71-73-79(83)80-77(76-87-88(84,85)86-75-74-81(3,4)5)78(82)72-70-68-66-64-62-60-58-56-54-52-50-48-46-44-35-33-31-29-27-25-23-21-19-17-15-13-11-9-7-2/h70,72,77-78,82H,6-69,71,73-76H2,1-5H3,(H-,80,83,84,85)/p+1/b72-70+. The van der Waals surface area contributed by atoms with E-state index >= 15 is 0 Å². The first-order valence-corrected chi connectivity index (χ1v) is 41.6. The fourth-order valence-corrected chi connectivity index (χ4v) is 13.6. The van der Waals surface area contributed by atoms with Crippen molar-refractivity contribution >= 4 is 13.7 Å². The van der Waals surface area contributed by atoms with Crippen LogP contribution in [0.5, 0.6) is 0 Å². The lowest BCUT2D eigenvalue weighted by Crippen LogP contribution is -2.45. The van der Waals surface area contributed by atoms with Gasteiger partial charge >= 0.3 is 7.82 Å². The highest BCUT2D eigenvalue weighted by Gasteiger charge is 2.28.